The van der Waals surface area contributed by atoms with E-state index in [1.165, 1.54) is 0 Å². The Hall–Kier alpha value is -2.45. The van der Waals surface area contributed by atoms with Gasteiger partial charge in [0.1, 0.15) is 6.04 Å². The topological polar surface area (TPSA) is 91.0 Å². The summed E-state index contributed by atoms with van der Waals surface area (Å²) in [6, 6.07) is 5.42. The standard InChI is InChI=1S/C23H30N4O4/c28-21-4-3-20(22(29)25-21)27-14-15-13-16(1-2-19(15)23(27)30)26-11-7-18(8-12-26)31-17-5-9-24-10-6-17/h1-2,13,17-18,20,24H,3-12,14H2,(H,25,28,29). The second-order valence-corrected chi connectivity index (χ2v) is 9.01. The van der Waals surface area contributed by atoms with E-state index in [-0.39, 0.29) is 24.1 Å². The molecule has 8 nitrogen and oxygen atoms in total. The van der Waals surface area contributed by atoms with Gasteiger partial charge >= 0.3 is 0 Å². The second kappa shape index (κ2) is 8.59. The van der Waals surface area contributed by atoms with Crippen molar-refractivity contribution in [3.63, 3.8) is 0 Å². The van der Waals surface area contributed by atoms with Crippen LogP contribution >= 0.6 is 0 Å². The summed E-state index contributed by atoms with van der Waals surface area (Å²) in [5.41, 5.74) is 2.75. The van der Waals surface area contributed by atoms with Crippen LogP contribution in [0.15, 0.2) is 18.2 Å². The van der Waals surface area contributed by atoms with Crippen LogP contribution in [0.5, 0.6) is 0 Å². The van der Waals surface area contributed by atoms with E-state index in [9.17, 15) is 14.4 Å². The lowest BCUT2D eigenvalue weighted by Crippen LogP contribution is -2.52. The van der Waals surface area contributed by atoms with Crippen molar-refractivity contribution in [2.24, 2.45) is 0 Å². The molecular weight excluding hydrogens is 396 g/mol. The number of amides is 3. The minimum Gasteiger partial charge on any atom is -0.375 e. The molecule has 3 amide bonds. The van der Waals surface area contributed by atoms with E-state index in [2.05, 4.69) is 21.6 Å². The predicted octanol–water partition coefficient (Wildman–Crippen LogP) is 1.19. The third-order valence-corrected chi connectivity index (χ3v) is 6.99. The van der Waals surface area contributed by atoms with Gasteiger partial charge in [-0.25, -0.2) is 0 Å². The molecule has 4 aliphatic rings. The fraction of sp³-hybridized carbons (Fsp3) is 0.609. The van der Waals surface area contributed by atoms with Crippen molar-refractivity contribution in [2.45, 2.75) is 63.3 Å². The van der Waals surface area contributed by atoms with E-state index in [1.54, 1.807) is 4.90 Å². The molecule has 0 radical (unpaired) electrons. The SMILES string of the molecule is O=C1CCC(N2Cc3cc(N4CCC(OC5CCNCC5)CC4)ccc3C2=O)C(=O)N1. The molecule has 0 aliphatic carbocycles. The van der Waals surface area contributed by atoms with Crippen molar-refractivity contribution in [2.75, 3.05) is 31.1 Å². The van der Waals surface area contributed by atoms with Crippen molar-refractivity contribution in [1.82, 2.24) is 15.5 Å². The maximum Gasteiger partial charge on any atom is 0.255 e. The maximum atomic E-state index is 12.9. The quantitative estimate of drug-likeness (QED) is 0.703. The normalized spacial score (nSPS) is 25.7. The van der Waals surface area contributed by atoms with Crippen molar-refractivity contribution >= 4 is 23.4 Å². The van der Waals surface area contributed by atoms with Crippen LogP contribution < -0.4 is 15.5 Å². The Morgan fingerprint density at radius 1 is 0.935 bits per heavy atom. The minimum absolute atomic E-state index is 0.120. The third kappa shape index (κ3) is 4.19. The maximum absolute atomic E-state index is 12.9. The van der Waals surface area contributed by atoms with Crippen LogP contribution in [0.1, 0.15) is 54.4 Å². The molecule has 8 heteroatoms. The lowest BCUT2D eigenvalue weighted by Gasteiger charge is -2.36. The lowest BCUT2D eigenvalue weighted by molar-refractivity contribution is -0.136. The number of carbonyl (C=O) groups excluding carboxylic acids is 3. The minimum atomic E-state index is -0.566. The largest absolute Gasteiger partial charge is 0.375 e. The van der Waals surface area contributed by atoms with Gasteiger partial charge in [0, 0.05) is 37.3 Å². The van der Waals surface area contributed by atoms with E-state index in [0.29, 0.717) is 30.7 Å². The number of imide groups is 1. The van der Waals surface area contributed by atoms with Crippen LogP contribution in [0.2, 0.25) is 0 Å². The smallest absolute Gasteiger partial charge is 0.255 e. The molecule has 1 aromatic rings. The fourth-order valence-corrected chi connectivity index (χ4v) is 5.21. The summed E-state index contributed by atoms with van der Waals surface area (Å²) in [5, 5.41) is 5.73. The van der Waals surface area contributed by atoms with Gasteiger partial charge in [-0.1, -0.05) is 0 Å². The predicted molar refractivity (Wildman–Crippen MR) is 115 cm³/mol. The molecule has 0 aromatic heterocycles. The number of hydrogen-bond acceptors (Lipinski definition) is 6. The van der Waals surface area contributed by atoms with Crippen LogP contribution in [0.3, 0.4) is 0 Å². The van der Waals surface area contributed by atoms with Crippen LogP contribution in [-0.4, -0.2) is 67.1 Å². The molecule has 3 saturated heterocycles. The number of piperidine rings is 3. The number of nitrogens with zero attached hydrogens (tertiary/aromatic N) is 2. The Bertz CT molecular complexity index is 874. The second-order valence-electron chi connectivity index (χ2n) is 9.01. The van der Waals surface area contributed by atoms with Crippen molar-refractivity contribution in [1.29, 1.82) is 0 Å². The first kappa shape index (κ1) is 20.5. The summed E-state index contributed by atoms with van der Waals surface area (Å²) in [4.78, 5) is 40.5. The highest BCUT2D eigenvalue weighted by atomic mass is 16.5. The number of carbonyl (C=O) groups is 3. The number of rotatable bonds is 4. The summed E-state index contributed by atoms with van der Waals surface area (Å²) < 4.78 is 6.32. The molecule has 4 aliphatic heterocycles. The average Bonchev–Trinajstić information content (AvgIpc) is 3.10. The average molecular weight is 427 g/mol. The molecule has 1 aromatic carbocycles. The number of benzene rings is 1. The summed E-state index contributed by atoms with van der Waals surface area (Å²) in [6.07, 6.45) is 5.62. The molecule has 3 fully saturated rings. The van der Waals surface area contributed by atoms with Gasteiger partial charge < -0.3 is 19.9 Å². The highest BCUT2D eigenvalue weighted by Crippen LogP contribution is 2.32. The number of anilines is 1. The highest BCUT2D eigenvalue weighted by molar-refractivity contribution is 6.05. The van der Waals surface area contributed by atoms with E-state index in [1.807, 2.05) is 12.1 Å². The summed E-state index contributed by atoms with van der Waals surface area (Å²) in [7, 11) is 0. The Morgan fingerprint density at radius 2 is 1.68 bits per heavy atom. The van der Waals surface area contributed by atoms with E-state index in [4.69, 9.17) is 4.74 Å². The van der Waals surface area contributed by atoms with Crippen LogP contribution in [0.4, 0.5) is 5.69 Å². The first-order valence-electron chi connectivity index (χ1n) is 11.5. The number of nitrogens with one attached hydrogen (secondary N) is 2. The van der Waals surface area contributed by atoms with Crippen LogP contribution in [0, 0.1) is 0 Å². The van der Waals surface area contributed by atoms with Gasteiger partial charge in [0.2, 0.25) is 11.8 Å². The van der Waals surface area contributed by atoms with E-state index >= 15 is 0 Å². The van der Waals surface area contributed by atoms with Gasteiger partial charge in [0.25, 0.3) is 5.91 Å². The molecule has 1 atom stereocenters. The molecule has 2 N–H and O–H groups in total. The van der Waals surface area contributed by atoms with Gasteiger partial charge in [0.05, 0.1) is 12.2 Å². The van der Waals surface area contributed by atoms with Gasteiger partial charge in [-0.15, -0.1) is 0 Å². The Balaban J connectivity index is 1.21. The molecule has 0 spiro atoms. The Labute approximate surface area is 182 Å². The number of hydrogen-bond donors (Lipinski definition) is 2. The first-order valence-corrected chi connectivity index (χ1v) is 11.5. The zero-order valence-corrected chi connectivity index (χ0v) is 17.8. The number of ether oxygens (including phenoxy) is 1. The van der Waals surface area contributed by atoms with E-state index < -0.39 is 6.04 Å². The third-order valence-electron chi connectivity index (χ3n) is 6.99. The van der Waals surface area contributed by atoms with E-state index in [0.717, 1.165) is 63.1 Å². The van der Waals surface area contributed by atoms with Gasteiger partial charge in [-0.05, 0) is 69.0 Å². The van der Waals surface area contributed by atoms with Gasteiger partial charge in [-0.2, -0.15) is 0 Å². The lowest BCUT2D eigenvalue weighted by atomic mass is 10.0. The van der Waals surface area contributed by atoms with Crippen molar-refractivity contribution in [3.05, 3.63) is 29.3 Å². The van der Waals surface area contributed by atoms with Crippen LogP contribution in [0.25, 0.3) is 0 Å². The van der Waals surface area contributed by atoms with Crippen molar-refractivity contribution in [3.8, 4) is 0 Å². The monoisotopic (exact) mass is 426 g/mol. The molecule has 0 bridgehead atoms. The zero-order valence-electron chi connectivity index (χ0n) is 17.8. The molecule has 5 rings (SSSR count). The highest BCUT2D eigenvalue weighted by Gasteiger charge is 2.39. The Kier molecular flexibility index (Phi) is 5.67. The van der Waals surface area contributed by atoms with Crippen molar-refractivity contribution < 1.29 is 19.1 Å². The van der Waals surface area contributed by atoms with Gasteiger partial charge in [-0.3, -0.25) is 19.7 Å². The summed E-state index contributed by atoms with van der Waals surface area (Å²) in [5.74, 6) is -0.751. The first-order chi connectivity index (χ1) is 15.1. The van der Waals surface area contributed by atoms with Gasteiger partial charge in [0.15, 0.2) is 0 Å². The van der Waals surface area contributed by atoms with Crippen LogP contribution in [-0.2, 0) is 20.9 Å². The zero-order chi connectivity index (χ0) is 21.4. The molecule has 1 unspecified atom stereocenters. The molecular formula is C23H30N4O4. The Morgan fingerprint density at radius 3 is 2.42 bits per heavy atom. The molecule has 166 valence electrons. The summed E-state index contributed by atoms with van der Waals surface area (Å²) in [6.45, 7) is 4.41. The number of fused-ring (bicyclic) bond motifs is 1. The molecule has 4 heterocycles. The fourth-order valence-electron chi connectivity index (χ4n) is 5.21. The molecule has 0 saturated carbocycles. The summed E-state index contributed by atoms with van der Waals surface area (Å²) >= 11 is 0. The molecule has 31 heavy (non-hydrogen) atoms.